The zero-order chi connectivity index (χ0) is 7.68. The first-order valence-corrected chi connectivity index (χ1v) is 4.01. The van der Waals surface area contributed by atoms with E-state index in [1.807, 2.05) is 19.1 Å². The van der Waals surface area contributed by atoms with Crippen molar-refractivity contribution in [3.05, 3.63) is 23.4 Å². The van der Waals surface area contributed by atoms with Crippen LogP contribution < -0.4 is 0 Å². The molecule has 0 aliphatic carbocycles. The molecule has 11 heavy (non-hydrogen) atoms. The van der Waals surface area contributed by atoms with Gasteiger partial charge in [0, 0.05) is 4.88 Å². The van der Waals surface area contributed by atoms with Crippen molar-refractivity contribution in [2.24, 2.45) is 0 Å². The Bertz CT molecular complexity index is 339. The monoisotopic (exact) mass is 166 g/mol. The average Bonchev–Trinajstić information content (AvgIpc) is 2.55. The zero-order valence-electron chi connectivity index (χ0n) is 5.94. The molecule has 3 nitrogen and oxygen atoms in total. The minimum absolute atomic E-state index is 0.600. The largest absolute Gasteiger partial charge is 0.423 e. The Morgan fingerprint density at radius 2 is 2.36 bits per heavy atom. The van der Waals surface area contributed by atoms with Gasteiger partial charge in [-0.2, -0.15) is 0 Å². The van der Waals surface area contributed by atoms with Gasteiger partial charge in [0.05, 0.1) is 4.88 Å². The highest BCUT2D eigenvalue weighted by atomic mass is 32.1. The van der Waals surface area contributed by atoms with Gasteiger partial charge in [-0.3, -0.25) is 0 Å². The molecular formula is C7H6N2OS. The molecule has 0 saturated carbocycles. The molecule has 0 spiro atoms. The van der Waals surface area contributed by atoms with E-state index in [1.54, 1.807) is 11.3 Å². The highest BCUT2D eigenvalue weighted by molar-refractivity contribution is 7.15. The maximum atomic E-state index is 5.02. The quantitative estimate of drug-likeness (QED) is 0.651. The van der Waals surface area contributed by atoms with Crippen LogP contribution in [0.5, 0.6) is 0 Å². The summed E-state index contributed by atoms with van der Waals surface area (Å²) >= 11 is 1.65. The van der Waals surface area contributed by atoms with E-state index in [9.17, 15) is 0 Å². The van der Waals surface area contributed by atoms with Gasteiger partial charge in [-0.05, 0) is 19.1 Å². The van der Waals surface area contributed by atoms with E-state index in [0.29, 0.717) is 5.89 Å². The van der Waals surface area contributed by atoms with E-state index in [2.05, 4.69) is 10.2 Å². The predicted molar refractivity (Wildman–Crippen MR) is 42.3 cm³/mol. The van der Waals surface area contributed by atoms with Crippen molar-refractivity contribution in [3.63, 3.8) is 0 Å². The van der Waals surface area contributed by atoms with Crippen LogP contribution in [-0.4, -0.2) is 10.2 Å². The summed E-state index contributed by atoms with van der Waals surface area (Å²) in [5.41, 5.74) is 0. The molecule has 0 aliphatic heterocycles. The molecule has 0 radical (unpaired) electrons. The number of hydrogen-bond donors (Lipinski definition) is 0. The molecule has 0 unspecified atom stereocenters. The minimum atomic E-state index is 0.600. The van der Waals surface area contributed by atoms with Crippen molar-refractivity contribution in [3.8, 4) is 10.8 Å². The maximum absolute atomic E-state index is 5.02. The lowest BCUT2D eigenvalue weighted by Gasteiger charge is -1.82. The third-order valence-electron chi connectivity index (χ3n) is 1.31. The Kier molecular flexibility index (Phi) is 1.47. The summed E-state index contributed by atoms with van der Waals surface area (Å²) in [5, 5.41) is 7.39. The maximum Gasteiger partial charge on any atom is 0.257 e. The second-order valence-electron chi connectivity index (χ2n) is 2.15. The van der Waals surface area contributed by atoms with Crippen LogP contribution in [0, 0.1) is 6.92 Å². The summed E-state index contributed by atoms with van der Waals surface area (Å²) in [5.74, 6) is 0.600. The van der Waals surface area contributed by atoms with Crippen molar-refractivity contribution >= 4 is 11.3 Å². The number of hydrogen-bond acceptors (Lipinski definition) is 4. The lowest BCUT2D eigenvalue weighted by atomic mass is 10.4. The molecule has 0 atom stereocenters. The van der Waals surface area contributed by atoms with Gasteiger partial charge in [-0.25, -0.2) is 0 Å². The second kappa shape index (κ2) is 2.47. The van der Waals surface area contributed by atoms with Gasteiger partial charge < -0.3 is 4.42 Å². The third kappa shape index (κ3) is 1.17. The van der Waals surface area contributed by atoms with E-state index in [-0.39, 0.29) is 0 Å². The van der Waals surface area contributed by atoms with E-state index < -0.39 is 0 Å². The molecule has 2 rings (SSSR count). The highest BCUT2D eigenvalue weighted by Crippen LogP contribution is 2.24. The number of thiophene rings is 1. The van der Waals surface area contributed by atoms with Crippen LogP contribution in [0.1, 0.15) is 4.88 Å². The molecule has 0 bridgehead atoms. The molecule has 0 amide bonds. The Morgan fingerprint density at radius 1 is 1.45 bits per heavy atom. The van der Waals surface area contributed by atoms with Crippen LogP contribution in [0.4, 0.5) is 0 Å². The van der Waals surface area contributed by atoms with Crippen LogP contribution in [0.15, 0.2) is 22.9 Å². The Balaban J connectivity index is 2.45. The first-order chi connectivity index (χ1) is 5.36. The van der Waals surface area contributed by atoms with Gasteiger partial charge in [0.15, 0.2) is 0 Å². The smallest absolute Gasteiger partial charge is 0.257 e. The Morgan fingerprint density at radius 3 is 2.91 bits per heavy atom. The van der Waals surface area contributed by atoms with Crippen LogP contribution in [0.2, 0.25) is 0 Å². The first kappa shape index (κ1) is 6.54. The fourth-order valence-corrected chi connectivity index (χ4v) is 1.63. The van der Waals surface area contributed by atoms with Gasteiger partial charge in [-0.15, -0.1) is 21.5 Å². The standard InChI is InChI=1S/C7H6N2OS/c1-5-2-3-6(11-5)7-9-8-4-10-7/h2-4H,1H3. The molecule has 0 N–H and O–H groups in total. The molecule has 56 valence electrons. The van der Waals surface area contributed by atoms with Gasteiger partial charge in [0.2, 0.25) is 6.39 Å². The van der Waals surface area contributed by atoms with Crippen LogP contribution >= 0.6 is 11.3 Å². The lowest BCUT2D eigenvalue weighted by molar-refractivity contribution is 0.570. The van der Waals surface area contributed by atoms with Crippen molar-refractivity contribution in [1.82, 2.24) is 10.2 Å². The lowest BCUT2D eigenvalue weighted by Crippen LogP contribution is -1.69. The molecule has 4 heteroatoms. The second-order valence-corrected chi connectivity index (χ2v) is 3.44. The van der Waals surface area contributed by atoms with E-state index >= 15 is 0 Å². The molecule has 2 aromatic rings. The molecule has 0 aromatic carbocycles. The summed E-state index contributed by atoms with van der Waals surface area (Å²) in [7, 11) is 0. The zero-order valence-corrected chi connectivity index (χ0v) is 6.76. The molecular weight excluding hydrogens is 160 g/mol. The topological polar surface area (TPSA) is 38.9 Å². The number of aryl methyl sites for hydroxylation is 1. The normalized spacial score (nSPS) is 10.3. The first-order valence-electron chi connectivity index (χ1n) is 3.19. The fraction of sp³-hybridized carbons (Fsp3) is 0.143. The fourth-order valence-electron chi connectivity index (χ4n) is 0.830. The van der Waals surface area contributed by atoms with Gasteiger partial charge in [-0.1, -0.05) is 0 Å². The third-order valence-corrected chi connectivity index (χ3v) is 2.30. The van der Waals surface area contributed by atoms with Crippen molar-refractivity contribution < 1.29 is 4.42 Å². The number of aromatic nitrogens is 2. The minimum Gasteiger partial charge on any atom is -0.423 e. The van der Waals surface area contributed by atoms with Crippen molar-refractivity contribution in [2.45, 2.75) is 6.92 Å². The number of rotatable bonds is 1. The van der Waals surface area contributed by atoms with E-state index in [0.717, 1.165) is 4.88 Å². The van der Waals surface area contributed by atoms with Gasteiger partial charge in [0.1, 0.15) is 0 Å². The van der Waals surface area contributed by atoms with Gasteiger partial charge in [0.25, 0.3) is 5.89 Å². The summed E-state index contributed by atoms with van der Waals surface area (Å²) in [4.78, 5) is 2.28. The molecule has 0 aliphatic rings. The highest BCUT2D eigenvalue weighted by Gasteiger charge is 2.04. The van der Waals surface area contributed by atoms with Crippen molar-refractivity contribution in [2.75, 3.05) is 0 Å². The summed E-state index contributed by atoms with van der Waals surface area (Å²) in [6.45, 7) is 2.05. The molecule has 2 aromatic heterocycles. The van der Waals surface area contributed by atoms with E-state index in [4.69, 9.17) is 4.42 Å². The predicted octanol–water partition coefficient (Wildman–Crippen LogP) is 2.11. The molecule has 0 saturated heterocycles. The van der Waals surface area contributed by atoms with Crippen LogP contribution in [0.3, 0.4) is 0 Å². The average molecular weight is 166 g/mol. The Hall–Kier alpha value is -1.16. The summed E-state index contributed by atoms with van der Waals surface area (Å²) < 4.78 is 5.02. The van der Waals surface area contributed by atoms with Crippen molar-refractivity contribution in [1.29, 1.82) is 0 Å². The number of nitrogens with zero attached hydrogens (tertiary/aromatic N) is 2. The van der Waals surface area contributed by atoms with Gasteiger partial charge >= 0.3 is 0 Å². The summed E-state index contributed by atoms with van der Waals surface area (Å²) in [6, 6.07) is 4.01. The SMILES string of the molecule is Cc1ccc(-c2nnco2)s1. The van der Waals surface area contributed by atoms with Crippen LogP contribution in [0.25, 0.3) is 10.8 Å². The Labute approximate surface area is 67.7 Å². The van der Waals surface area contributed by atoms with E-state index in [1.165, 1.54) is 11.3 Å². The molecule has 2 heterocycles. The summed E-state index contributed by atoms with van der Waals surface area (Å²) in [6.07, 6.45) is 1.34. The van der Waals surface area contributed by atoms with Crippen LogP contribution in [-0.2, 0) is 0 Å². The molecule has 0 fully saturated rings.